The maximum atomic E-state index is 13.0. The summed E-state index contributed by atoms with van der Waals surface area (Å²) in [5.41, 5.74) is 3.20. The molecule has 4 aromatic rings. The van der Waals surface area contributed by atoms with Gasteiger partial charge < -0.3 is 30.7 Å². The summed E-state index contributed by atoms with van der Waals surface area (Å²) in [6.07, 6.45) is 1.62. The number of carboxylic acid groups (broad SMARTS) is 1. The summed E-state index contributed by atoms with van der Waals surface area (Å²) in [5.74, 6) is -1.82. The molecule has 0 spiro atoms. The van der Waals surface area contributed by atoms with Crippen LogP contribution in [0.15, 0.2) is 72.9 Å². The van der Waals surface area contributed by atoms with Crippen LogP contribution in [0.5, 0.6) is 5.75 Å². The molecule has 0 radical (unpaired) electrons. The highest BCUT2D eigenvalue weighted by Crippen LogP contribution is 2.27. The van der Waals surface area contributed by atoms with E-state index in [-0.39, 0.29) is 41.0 Å². The predicted octanol–water partition coefficient (Wildman–Crippen LogP) is 5.24. The van der Waals surface area contributed by atoms with E-state index in [0.717, 1.165) is 5.56 Å². The molecule has 4 rings (SSSR count). The number of ether oxygens (including phenoxy) is 1. The molecule has 4 N–H and O–H groups in total. The number of hydrogen-bond donors (Lipinski definition) is 4. The number of rotatable bonds is 12. The first kappa shape index (κ1) is 33.8. The van der Waals surface area contributed by atoms with Gasteiger partial charge in [-0.05, 0) is 54.4 Å². The molecule has 1 atom stereocenters. The highest BCUT2D eigenvalue weighted by molar-refractivity contribution is 6.39. The second-order valence-corrected chi connectivity index (χ2v) is 11.2. The third-order valence-corrected chi connectivity index (χ3v) is 7.58. The molecule has 0 saturated carbocycles. The van der Waals surface area contributed by atoms with Crippen molar-refractivity contribution < 1.29 is 29.0 Å². The first-order chi connectivity index (χ1) is 21.9. The number of para-hydroxylation sites is 1. The molecular formula is C32H32Cl2N6O6. The molecule has 0 aliphatic heterocycles. The van der Waals surface area contributed by atoms with Crippen molar-refractivity contribution in [3.8, 4) is 5.75 Å². The number of aromatic nitrogens is 2. The molecule has 0 aliphatic rings. The number of methoxy groups -OCH3 is 1. The van der Waals surface area contributed by atoms with Gasteiger partial charge in [-0.1, -0.05) is 53.5 Å². The van der Waals surface area contributed by atoms with Crippen LogP contribution >= 0.6 is 23.2 Å². The fourth-order valence-electron chi connectivity index (χ4n) is 4.49. The van der Waals surface area contributed by atoms with Gasteiger partial charge in [0.05, 0.1) is 53.6 Å². The number of urea groups is 1. The van der Waals surface area contributed by atoms with Crippen molar-refractivity contribution in [3.63, 3.8) is 0 Å². The SMILES string of the molecule is COc1cc(CC(=O)N(C)Cc2ccn(CC(NC(=O)c3c(Cl)cccc3Cl)C(=O)O)n2)ccc1NC(=O)Nc1ccccc1C. The maximum absolute atomic E-state index is 13.0. The fraction of sp³-hybridized carbons (Fsp3) is 0.219. The Bertz CT molecular complexity index is 1740. The van der Waals surface area contributed by atoms with E-state index in [2.05, 4.69) is 21.0 Å². The van der Waals surface area contributed by atoms with Crippen LogP contribution in [-0.4, -0.2) is 63.8 Å². The topological polar surface area (TPSA) is 155 Å². The van der Waals surface area contributed by atoms with Crippen molar-refractivity contribution in [1.82, 2.24) is 20.0 Å². The first-order valence-electron chi connectivity index (χ1n) is 14.0. The lowest BCUT2D eigenvalue weighted by atomic mass is 10.1. The van der Waals surface area contributed by atoms with Gasteiger partial charge in [-0.2, -0.15) is 5.10 Å². The van der Waals surface area contributed by atoms with Crippen molar-refractivity contribution in [2.75, 3.05) is 24.8 Å². The lowest BCUT2D eigenvalue weighted by Crippen LogP contribution is -2.44. The number of carbonyl (C=O) groups excluding carboxylic acids is 3. The van der Waals surface area contributed by atoms with E-state index in [0.29, 0.717) is 28.4 Å². The predicted molar refractivity (Wildman–Crippen MR) is 175 cm³/mol. The largest absolute Gasteiger partial charge is 0.495 e. The zero-order valence-electron chi connectivity index (χ0n) is 25.2. The summed E-state index contributed by atoms with van der Waals surface area (Å²) < 4.78 is 6.82. The number of carboxylic acids is 1. The molecule has 0 aliphatic carbocycles. The Morgan fingerprint density at radius 1 is 0.978 bits per heavy atom. The fourth-order valence-corrected chi connectivity index (χ4v) is 5.06. The van der Waals surface area contributed by atoms with E-state index in [1.54, 1.807) is 49.6 Å². The summed E-state index contributed by atoms with van der Waals surface area (Å²) in [6.45, 7) is 1.87. The van der Waals surface area contributed by atoms with E-state index >= 15 is 0 Å². The second kappa shape index (κ2) is 15.3. The number of nitrogens with one attached hydrogen (secondary N) is 3. The van der Waals surface area contributed by atoms with Gasteiger partial charge in [-0.3, -0.25) is 14.3 Å². The summed E-state index contributed by atoms with van der Waals surface area (Å²) in [4.78, 5) is 51.6. The van der Waals surface area contributed by atoms with Crippen molar-refractivity contribution in [2.24, 2.45) is 0 Å². The minimum atomic E-state index is -1.33. The molecule has 0 bridgehead atoms. The summed E-state index contributed by atoms with van der Waals surface area (Å²) in [6, 6.07) is 16.9. The van der Waals surface area contributed by atoms with E-state index in [1.165, 1.54) is 28.8 Å². The van der Waals surface area contributed by atoms with Gasteiger partial charge >= 0.3 is 12.0 Å². The lowest BCUT2D eigenvalue weighted by Gasteiger charge is -2.17. The van der Waals surface area contributed by atoms with E-state index in [4.69, 9.17) is 27.9 Å². The first-order valence-corrected chi connectivity index (χ1v) is 14.7. The Labute approximate surface area is 275 Å². The van der Waals surface area contributed by atoms with Crippen molar-refractivity contribution >= 4 is 58.4 Å². The summed E-state index contributed by atoms with van der Waals surface area (Å²) in [5, 5.41) is 22.2. The third kappa shape index (κ3) is 8.77. The van der Waals surface area contributed by atoms with Gasteiger partial charge in [0.2, 0.25) is 5.91 Å². The number of likely N-dealkylation sites (N-methyl/N-ethyl adjacent to an activating group) is 1. The number of amides is 4. The monoisotopic (exact) mass is 666 g/mol. The van der Waals surface area contributed by atoms with Gasteiger partial charge in [0.1, 0.15) is 11.8 Å². The number of aryl methyl sites for hydroxylation is 1. The van der Waals surface area contributed by atoms with Crippen LogP contribution in [0.4, 0.5) is 16.2 Å². The molecule has 3 aromatic carbocycles. The molecular weight excluding hydrogens is 635 g/mol. The molecule has 4 amide bonds. The molecule has 46 heavy (non-hydrogen) atoms. The smallest absolute Gasteiger partial charge is 0.328 e. The van der Waals surface area contributed by atoms with Crippen LogP contribution in [-0.2, 0) is 29.1 Å². The Morgan fingerprint density at radius 3 is 2.35 bits per heavy atom. The van der Waals surface area contributed by atoms with Gasteiger partial charge in [0.25, 0.3) is 5.91 Å². The molecule has 1 aromatic heterocycles. The van der Waals surface area contributed by atoms with E-state index < -0.39 is 23.9 Å². The highest BCUT2D eigenvalue weighted by atomic mass is 35.5. The average Bonchev–Trinajstić information content (AvgIpc) is 3.45. The van der Waals surface area contributed by atoms with Crippen LogP contribution in [0.1, 0.15) is 27.2 Å². The van der Waals surface area contributed by atoms with Crippen LogP contribution in [0.3, 0.4) is 0 Å². The Kier molecular flexibility index (Phi) is 11.2. The molecule has 1 heterocycles. The van der Waals surface area contributed by atoms with Gasteiger partial charge in [-0.25, -0.2) is 9.59 Å². The van der Waals surface area contributed by atoms with Gasteiger partial charge in [0.15, 0.2) is 0 Å². The number of nitrogens with zero attached hydrogens (tertiary/aromatic N) is 3. The molecule has 14 heteroatoms. The lowest BCUT2D eigenvalue weighted by molar-refractivity contribution is -0.139. The van der Waals surface area contributed by atoms with Crippen LogP contribution in [0.2, 0.25) is 10.0 Å². The van der Waals surface area contributed by atoms with Crippen molar-refractivity contribution in [1.29, 1.82) is 0 Å². The third-order valence-electron chi connectivity index (χ3n) is 6.95. The summed E-state index contributed by atoms with van der Waals surface area (Å²) >= 11 is 12.2. The number of halogens is 2. The number of hydrogen-bond acceptors (Lipinski definition) is 6. The number of carbonyl (C=O) groups is 4. The maximum Gasteiger partial charge on any atom is 0.328 e. The number of anilines is 2. The van der Waals surface area contributed by atoms with Crippen LogP contribution in [0, 0.1) is 6.92 Å². The van der Waals surface area contributed by atoms with E-state index in [1.807, 2.05) is 25.1 Å². The standard InChI is InChI=1S/C32H32Cl2N6O6/c1-19-7-4-5-10-24(19)36-32(45)37-25-12-11-20(15-27(25)46-3)16-28(41)39(2)17-21-13-14-40(38-21)18-26(31(43)44)35-30(42)29-22(33)8-6-9-23(29)34/h4-15,26H,16-18H2,1-3H3,(H,35,42)(H,43,44)(H2,36,37,45). The Balaban J connectivity index is 1.33. The molecule has 0 fully saturated rings. The zero-order valence-corrected chi connectivity index (χ0v) is 26.7. The molecule has 1 unspecified atom stereocenters. The average molecular weight is 668 g/mol. The molecule has 240 valence electrons. The van der Waals surface area contributed by atoms with E-state index in [9.17, 15) is 24.3 Å². The minimum absolute atomic E-state index is 0.0227. The summed E-state index contributed by atoms with van der Waals surface area (Å²) in [7, 11) is 3.10. The minimum Gasteiger partial charge on any atom is -0.495 e. The van der Waals surface area contributed by atoms with Gasteiger partial charge in [0, 0.05) is 18.9 Å². The van der Waals surface area contributed by atoms with Crippen LogP contribution < -0.4 is 20.7 Å². The van der Waals surface area contributed by atoms with Crippen molar-refractivity contribution in [2.45, 2.75) is 32.5 Å². The highest BCUT2D eigenvalue weighted by Gasteiger charge is 2.24. The molecule has 0 saturated heterocycles. The Hall–Kier alpha value is -5.07. The van der Waals surface area contributed by atoms with Gasteiger partial charge in [-0.15, -0.1) is 0 Å². The molecule has 12 nitrogen and oxygen atoms in total. The number of benzene rings is 3. The Morgan fingerprint density at radius 2 is 1.67 bits per heavy atom. The van der Waals surface area contributed by atoms with Crippen LogP contribution in [0.25, 0.3) is 0 Å². The second-order valence-electron chi connectivity index (χ2n) is 10.3. The normalized spacial score (nSPS) is 11.3. The zero-order chi connectivity index (χ0) is 33.4. The quantitative estimate of drug-likeness (QED) is 0.161. The number of aliphatic carboxylic acids is 1. The van der Waals surface area contributed by atoms with Crippen molar-refractivity contribution in [3.05, 3.63) is 105 Å².